The van der Waals surface area contributed by atoms with E-state index >= 15 is 0 Å². The average molecular weight is 1080 g/mol. The molecule has 2 heterocycles. The Bertz CT molecular complexity index is 1990. The van der Waals surface area contributed by atoms with Crippen molar-refractivity contribution in [2.45, 2.75) is 194 Å². The summed E-state index contributed by atoms with van der Waals surface area (Å²) in [6.45, 7) is 18.7. The number of hydrogen-bond donors (Lipinski definition) is 0. The first-order chi connectivity index (χ1) is 34.5. The van der Waals surface area contributed by atoms with Gasteiger partial charge < -0.3 is 43.1 Å². The molecule has 10 nitrogen and oxygen atoms in total. The third kappa shape index (κ3) is 21.7. The molecule has 0 aromatic heterocycles. The van der Waals surface area contributed by atoms with Crippen molar-refractivity contribution in [3.63, 3.8) is 0 Å². The van der Waals surface area contributed by atoms with Gasteiger partial charge in [0.1, 0.15) is 17.2 Å². The van der Waals surface area contributed by atoms with Crippen molar-refractivity contribution in [3.8, 4) is 0 Å². The normalized spacial score (nSPS) is 23.7. The van der Waals surface area contributed by atoms with Gasteiger partial charge in [-0.3, -0.25) is 4.79 Å². The van der Waals surface area contributed by atoms with Crippen LogP contribution in [0.2, 0.25) is 0 Å². The number of alkyl halides is 1. The van der Waals surface area contributed by atoms with Crippen LogP contribution >= 0.6 is 15.9 Å². The molecular formula is C60H84BrKO10. The first kappa shape index (κ1) is 64.0. The number of rotatable bonds is 25. The van der Waals surface area contributed by atoms with Gasteiger partial charge in [-0.15, -0.1) is 0 Å². The molecule has 2 aliphatic rings. The molecule has 0 aliphatic carbocycles. The zero-order chi connectivity index (χ0) is 51.4. The van der Waals surface area contributed by atoms with Crippen LogP contribution in [0.1, 0.15) is 142 Å². The van der Waals surface area contributed by atoms with Crippen LogP contribution in [0.4, 0.5) is 0 Å². The Morgan fingerprint density at radius 2 is 0.819 bits per heavy atom. The molecule has 0 bridgehead atoms. The number of esters is 1. The number of ether oxygens (including phenoxy) is 7. The SMILES string of the molecule is CCCC(CCC)C(=O)O[C@@H]1O[C@H](CC)[C@@H](C)[C@H](OCc2ccccc2)[C@H]1OCc1ccccc1.CCCC(CCC)C(=O)[O-].CC[C@H]1O[C@H](Br)[C@H](OCc2ccccc2)[C@@H](OCc2ccccc2)[C@@H]1C.[K+]. The molecule has 0 N–H and O–H groups in total. The zero-order valence-corrected chi connectivity index (χ0v) is 49.5. The van der Waals surface area contributed by atoms with Crippen LogP contribution in [0, 0.1) is 23.7 Å². The first-order valence-corrected chi connectivity index (χ1v) is 27.4. The van der Waals surface area contributed by atoms with Crippen molar-refractivity contribution in [1.82, 2.24) is 0 Å². The van der Waals surface area contributed by atoms with E-state index in [0.717, 1.165) is 80.9 Å². The number of halogens is 1. The second kappa shape index (κ2) is 36.6. The predicted molar refractivity (Wildman–Crippen MR) is 283 cm³/mol. The molecule has 72 heavy (non-hydrogen) atoms. The Morgan fingerprint density at radius 3 is 1.17 bits per heavy atom. The minimum absolute atomic E-state index is 0. The number of carbonyl (C=O) groups is 2. The summed E-state index contributed by atoms with van der Waals surface area (Å²) in [6.07, 6.45) is 6.96. The van der Waals surface area contributed by atoms with E-state index in [1.807, 2.05) is 98.8 Å². The molecule has 10 atom stereocenters. The van der Waals surface area contributed by atoms with Gasteiger partial charge >= 0.3 is 57.4 Å². The maximum Gasteiger partial charge on any atom is 1.00 e. The summed E-state index contributed by atoms with van der Waals surface area (Å²) in [5.74, 6) is -1.07. The van der Waals surface area contributed by atoms with E-state index in [1.54, 1.807) is 0 Å². The van der Waals surface area contributed by atoms with Crippen LogP contribution in [0.5, 0.6) is 0 Å². The second-order valence-corrected chi connectivity index (χ2v) is 19.9. The van der Waals surface area contributed by atoms with Gasteiger partial charge in [0.2, 0.25) is 6.29 Å². The van der Waals surface area contributed by atoms with Crippen LogP contribution in [0.15, 0.2) is 121 Å². The molecule has 2 aliphatic heterocycles. The Kier molecular flexibility index (Phi) is 32.6. The fourth-order valence-electron chi connectivity index (χ4n) is 9.37. The molecule has 6 rings (SSSR count). The smallest absolute Gasteiger partial charge is 0.550 e. The summed E-state index contributed by atoms with van der Waals surface area (Å²) in [6, 6.07) is 40.7. The molecule has 0 unspecified atom stereocenters. The summed E-state index contributed by atoms with van der Waals surface area (Å²) in [5.41, 5.74) is 4.48. The molecule has 12 heteroatoms. The van der Waals surface area contributed by atoms with E-state index in [0.29, 0.717) is 26.4 Å². The second-order valence-electron chi connectivity index (χ2n) is 19.0. The maximum absolute atomic E-state index is 13.2. The van der Waals surface area contributed by atoms with Crippen molar-refractivity contribution in [1.29, 1.82) is 0 Å². The van der Waals surface area contributed by atoms with Crippen LogP contribution in [0.25, 0.3) is 0 Å². The Labute approximate surface area is 483 Å². The van der Waals surface area contributed by atoms with Crippen molar-refractivity contribution >= 4 is 27.9 Å². The summed E-state index contributed by atoms with van der Waals surface area (Å²) in [5, 5.41) is 10.2. The van der Waals surface area contributed by atoms with Crippen molar-refractivity contribution in [2.75, 3.05) is 0 Å². The minimum Gasteiger partial charge on any atom is -0.550 e. The van der Waals surface area contributed by atoms with E-state index in [-0.39, 0.29) is 117 Å². The fourth-order valence-corrected chi connectivity index (χ4v) is 10.1. The maximum atomic E-state index is 13.2. The number of carbonyl (C=O) groups excluding carboxylic acids is 2. The molecule has 4 aromatic carbocycles. The van der Waals surface area contributed by atoms with E-state index in [2.05, 4.69) is 93.9 Å². The van der Waals surface area contributed by atoms with Crippen molar-refractivity contribution < 1.29 is 99.2 Å². The van der Waals surface area contributed by atoms with Crippen LogP contribution in [-0.2, 0) is 69.2 Å². The average Bonchev–Trinajstić information content (AvgIpc) is 3.39. The number of carboxylic acid groups (broad SMARTS) is 1. The van der Waals surface area contributed by atoms with Gasteiger partial charge in [0, 0.05) is 17.8 Å². The Balaban J connectivity index is 0.000000324. The topological polar surface area (TPSA) is 122 Å². The van der Waals surface area contributed by atoms with E-state index in [1.165, 1.54) is 5.56 Å². The third-order valence-electron chi connectivity index (χ3n) is 13.4. The Morgan fingerprint density at radius 1 is 0.500 bits per heavy atom. The van der Waals surface area contributed by atoms with Gasteiger partial charge in [-0.05, 0) is 66.7 Å². The molecule has 4 aromatic rings. The molecule has 0 radical (unpaired) electrons. The quantitative estimate of drug-likeness (QED) is 0.0360. The summed E-state index contributed by atoms with van der Waals surface area (Å²) < 4.78 is 44.1. The number of carboxylic acids is 1. The van der Waals surface area contributed by atoms with E-state index in [9.17, 15) is 14.7 Å². The number of hydrogen-bond acceptors (Lipinski definition) is 10. The predicted octanol–water partition coefficient (Wildman–Crippen LogP) is 9.97. The van der Waals surface area contributed by atoms with Gasteiger partial charge in [0.05, 0.1) is 56.8 Å². The molecule has 392 valence electrons. The van der Waals surface area contributed by atoms with Crippen LogP contribution < -0.4 is 56.5 Å². The molecule has 0 spiro atoms. The first-order valence-electron chi connectivity index (χ1n) is 26.5. The van der Waals surface area contributed by atoms with Gasteiger partial charge in [-0.2, -0.15) is 0 Å². The summed E-state index contributed by atoms with van der Waals surface area (Å²) >= 11 is 3.68. The van der Waals surface area contributed by atoms with Gasteiger partial charge in [0.25, 0.3) is 0 Å². The van der Waals surface area contributed by atoms with Crippen LogP contribution in [0.3, 0.4) is 0 Å². The molecular weight excluding hydrogens is 1000 g/mol. The number of aliphatic carboxylic acids is 1. The standard InChI is InChI=1S/C30H42O5.C22H27BrO3.C8H16O2.K/c1-5-14-25(15-6-2)29(31)35-30-28(33-21-24-18-12-9-13-19-24)27(22(4)26(7-3)34-30)32-20-23-16-10-8-11-17-23;1-3-19-16(2)20(24-14-17-10-6-4-7-11-17)21(22(23)26-19)25-15-18-12-8-5-9-13-18;1-3-5-7(6-4-2)8(9)10;/h8-13,16-19,22,25-28,30H,5-7,14-15,20-21H2,1-4H3;4-13,16,19-22H,3,14-15H2,1-2H3;7H,3-6H2,1-2H3,(H,9,10);/q;;;+1/p-1/t22-,26-,27+,28-,30+;16-,19-,20+,21-,22+;;/m11../s1. The van der Waals surface area contributed by atoms with Gasteiger partial charge in [0.15, 0.2) is 0 Å². The monoisotopic (exact) mass is 1080 g/mol. The zero-order valence-electron chi connectivity index (χ0n) is 44.8. The molecule has 2 saturated heterocycles. The summed E-state index contributed by atoms with van der Waals surface area (Å²) in [4.78, 5) is 23.5. The summed E-state index contributed by atoms with van der Waals surface area (Å²) in [7, 11) is 0. The molecule has 0 amide bonds. The third-order valence-corrected chi connectivity index (χ3v) is 14.1. The van der Waals surface area contributed by atoms with E-state index < -0.39 is 18.4 Å². The van der Waals surface area contributed by atoms with Crippen LogP contribution in [-0.4, -0.2) is 59.9 Å². The van der Waals surface area contributed by atoms with E-state index in [4.69, 9.17) is 33.2 Å². The van der Waals surface area contributed by atoms with Crippen molar-refractivity contribution in [2.24, 2.45) is 23.7 Å². The molecule has 0 saturated carbocycles. The number of benzene rings is 4. The Hall–Kier alpha value is -2.30. The largest absolute Gasteiger partial charge is 1.00 e. The molecule has 2 fully saturated rings. The minimum atomic E-state index is -0.885. The van der Waals surface area contributed by atoms with Gasteiger partial charge in [-0.1, -0.05) is 218 Å². The fraction of sp³-hybridized carbons (Fsp3) is 0.567. The van der Waals surface area contributed by atoms with Crippen molar-refractivity contribution in [3.05, 3.63) is 144 Å². The van der Waals surface area contributed by atoms with Gasteiger partial charge in [-0.25, -0.2) is 0 Å².